The van der Waals surface area contributed by atoms with Crippen LogP contribution >= 0.6 is 11.3 Å². The van der Waals surface area contributed by atoms with E-state index in [1.54, 1.807) is 12.6 Å². The Labute approximate surface area is 74.8 Å². The van der Waals surface area contributed by atoms with Gasteiger partial charge in [0.2, 0.25) is 5.91 Å². The number of aromatic nitrogens is 1. The molecule has 0 aliphatic heterocycles. The molecule has 12 heavy (non-hydrogen) atoms. The number of nitrogens with two attached hydrogens (primary N) is 1. The minimum atomic E-state index is -0.342. The molecule has 3 N–H and O–H groups in total. The van der Waals surface area contributed by atoms with Crippen molar-refractivity contribution in [2.45, 2.75) is 12.5 Å². The number of rotatable bonds is 4. The van der Waals surface area contributed by atoms with Gasteiger partial charge in [-0.3, -0.25) is 4.79 Å². The Morgan fingerprint density at radius 3 is 3.08 bits per heavy atom. The van der Waals surface area contributed by atoms with Gasteiger partial charge in [-0.15, -0.1) is 11.3 Å². The van der Waals surface area contributed by atoms with Gasteiger partial charge in [0.25, 0.3) is 0 Å². The van der Waals surface area contributed by atoms with Crippen molar-refractivity contribution in [3.63, 3.8) is 0 Å². The fourth-order valence-corrected chi connectivity index (χ4v) is 1.46. The van der Waals surface area contributed by atoms with Gasteiger partial charge in [0, 0.05) is 11.8 Å². The zero-order valence-electron chi connectivity index (χ0n) is 6.78. The Balaban J connectivity index is 2.54. The molecule has 4 nitrogen and oxygen atoms in total. The van der Waals surface area contributed by atoms with Gasteiger partial charge in [-0.25, -0.2) is 4.98 Å². The minimum absolute atomic E-state index is 0.313. The maximum atomic E-state index is 10.8. The van der Waals surface area contributed by atoms with Crippen molar-refractivity contribution in [2.24, 2.45) is 5.73 Å². The highest BCUT2D eigenvalue weighted by atomic mass is 32.1. The standard InChI is InChI=1S/C7H11N3OS/c1-9-6(7(8)11)2-5-3-12-4-10-5/h3-4,6,9H,2H2,1H3,(H2,8,11)/t6-/m0/s1. The zero-order chi connectivity index (χ0) is 8.97. The summed E-state index contributed by atoms with van der Waals surface area (Å²) < 4.78 is 0. The van der Waals surface area contributed by atoms with Crippen LogP contribution in [0.1, 0.15) is 5.69 Å². The maximum Gasteiger partial charge on any atom is 0.234 e. The zero-order valence-corrected chi connectivity index (χ0v) is 7.60. The van der Waals surface area contributed by atoms with Crippen LogP contribution in [0.15, 0.2) is 10.9 Å². The number of carbonyl (C=O) groups is 1. The van der Waals surface area contributed by atoms with Crippen molar-refractivity contribution >= 4 is 17.2 Å². The molecule has 1 rings (SSSR count). The number of hydrogen-bond donors (Lipinski definition) is 2. The van der Waals surface area contributed by atoms with E-state index in [1.165, 1.54) is 11.3 Å². The van der Waals surface area contributed by atoms with Gasteiger partial charge >= 0.3 is 0 Å². The van der Waals surface area contributed by atoms with Crippen molar-refractivity contribution in [1.82, 2.24) is 10.3 Å². The van der Waals surface area contributed by atoms with Gasteiger partial charge in [-0.1, -0.05) is 0 Å². The molecular weight excluding hydrogens is 174 g/mol. The molecule has 0 radical (unpaired) electrons. The van der Waals surface area contributed by atoms with E-state index in [-0.39, 0.29) is 11.9 Å². The number of thiazole rings is 1. The number of nitrogens with zero attached hydrogens (tertiary/aromatic N) is 1. The van der Waals surface area contributed by atoms with Crippen LogP contribution in [0.2, 0.25) is 0 Å². The van der Waals surface area contributed by atoms with E-state index in [9.17, 15) is 4.79 Å². The van der Waals surface area contributed by atoms with Crippen LogP contribution in [-0.2, 0) is 11.2 Å². The molecule has 0 saturated carbocycles. The second-order valence-corrected chi connectivity index (χ2v) is 3.15. The Morgan fingerprint density at radius 2 is 2.67 bits per heavy atom. The van der Waals surface area contributed by atoms with Crippen LogP contribution in [0.3, 0.4) is 0 Å². The molecule has 0 aromatic carbocycles. The van der Waals surface area contributed by atoms with E-state index in [0.29, 0.717) is 6.42 Å². The Bertz CT molecular complexity index is 247. The highest BCUT2D eigenvalue weighted by Crippen LogP contribution is 2.03. The number of hydrogen-bond acceptors (Lipinski definition) is 4. The molecule has 0 aliphatic rings. The average molecular weight is 185 g/mol. The average Bonchev–Trinajstić information content (AvgIpc) is 2.51. The molecule has 0 unspecified atom stereocenters. The van der Waals surface area contributed by atoms with Crippen LogP contribution in [0.25, 0.3) is 0 Å². The fourth-order valence-electron chi connectivity index (χ4n) is 0.892. The first-order valence-electron chi connectivity index (χ1n) is 3.57. The Kier molecular flexibility index (Phi) is 3.19. The molecule has 5 heteroatoms. The smallest absolute Gasteiger partial charge is 0.234 e. The lowest BCUT2D eigenvalue weighted by Gasteiger charge is -2.09. The van der Waals surface area contributed by atoms with Crippen LogP contribution in [0.4, 0.5) is 0 Å². The third-order valence-electron chi connectivity index (χ3n) is 1.59. The second kappa shape index (κ2) is 4.18. The number of carbonyl (C=O) groups excluding carboxylic acids is 1. The number of amides is 1. The molecule has 0 saturated heterocycles. The van der Waals surface area contributed by atoms with E-state index >= 15 is 0 Å². The number of likely N-dealkylation sites (N-methyl/N-ethyl adjacent to an activating group) is 1. The normalized spacial score (nSPS) is 12.8. The van der Waals surface area contributed by atoms with Crippen molar-refractivity contribution < 1.29 is 4.79 Å². The van der Waals surface area contributed by atoms with Gasteiger partial charge in [0.05, 0.1) is 17.2 Å². The van der Waals surface area contributed by atoms with Gasteiger partial charge in [-0.05, 0) is 7.05 Å². The summed E-state index contributed by atoms with van der Waals surface area (Å²) in [6, 6.07) is -0.313. The monoisotopic (exact) mass is 185 g/mol. The first kappa shape index (κ1) is 9.15. The van der Waals surface area contributed by atoms with Crippen molar-refractivity contribution in [2.75, 3.05) is 7.05 Å². The van der Waals surface area contributed by atoms with E-state index < -0.39 is 0 Å². The van der Waals surface area contributed by atoms with Crippen molar-refractivity contribution in [3.05, 3.63) is 16.6 Å². The van der Waals surface area contributed by atoms with Gasteiger partial charge in [-0.2, -0.15) is 0 Å². The van der Waals surface area contributed by atoms with E-state index in [1.807, 2.05) is 5.38 Å². The van der Waals surface area contributed by atoms with Crippen molar-refractivity contribution in [3.8, 4) is 0 Å². The molecule has 1 aromatic heterocycles. The molecule has 1 heterocycles. The summed E-state index contributed by atoms with van der Waals surface area (Å²) in [5, 5.41) is 4.74. The van der Waals surface area contributed by atoms with Crippen LogP contribution < -0.4 is 11.1 Å². The summed E-state index contributed by atoms with van der Waals surface area (Å²) in [6.07, 6.45) is 0.565. The van der Waals surface area contributed by atoms with E-state index in [2.05, 4.69) is 10.3 Å². The Hall–Kier alpha value is -0.940. The lowest BCUT2D eigenvalue weighted by molar-refractivity contribution is -0.119. The second-order valence-electron chi connectivity index (χ2n) is 2.43. The molecule has 1 amide bonds. The maximum absolute atomic E-state index is 10.8. The lowest BCUT2D eigenvalue weighted by atomic mass is 10.1. The van der Waals surface area contributed by atoms with Gasteiger partial charge < -0.3 is 11.1 Å². The highest BCUT2D eigenvalue weighted by molar-refractivity contribution is 7.07. The fraction of sp³-hybridized carbons (Fsp3) is 0.429. The SMILES string of the molecule is CN[C@@H](Cc1cscn1)C(N)=O. The van der Waals surface area contributed by atoms with Crippen molar-refractivity contribution in [1.29, 1.82) is 0 Å². The summed E-state index contributed by atoms with van der Waals surface area (Å²) in [5.41, 5.74) is 7.78. The third-order valence-corrected chi connectivity index (χ3v) is 2.22. The first-order chi connectivity index (χ1) is 5.74. The van der Waals surface area contributed by atoms with Gasteiger partial charge in [0.1, 0.15) is 0 Å². The van der Waals surface area contributed by atoms with Crippen LogP contribution in [-0.4, -0.2) is 24.0 Å². The minimum Gasteiger partial charge on any atom is -0.368 e. The van der Waals surface area contributed by atoms with E-state index in [4.69, 9.17) is 5.73 Å². The highest BCUT2D eigenvalue weighted by Gasteiger charge is 2.13. The first-order valence-corrected chi connectivity index (χ1v) is 4.52. The summed E-state index contributed by atoms with van der Waals surface area (Å²) in [5.74, 6) is -0.342. The summed E-state index contributed by atoms with van der Waals surface area (Å²) in [6.45, 7) is 0. The van der Waals surface area contributed by atoms with Crippen LogP contribution in [0, 0.1) is 0 Å². The predicted molar refractivity (Wildman–Crippen MR) is 47.9 cm³/mol. The molecule has 66 valence electrons. The molecule has 0 spiro atoms. The summed E-state index contributed by atoms with van der Waals surface area (Å²) in [4.78, 5) is 14.8. The number of primary amides is 1. The molecule has 0 bridgehead atoms. The molecule has 0 aliphatic carbocycles. The lowest BCUT2D eigenvalue weighted by Crippen LogP contribution is -2.40. The van der Waals surface area contributed by atoms with Crippen LogP contribution in [0.5, 0.6) is 0 Å². The Morgan fingerprint density at radius 1 is 1.92 bits per heavy atom. The predicted octanol–water partition coefficient (Wildman–Crippen LogP) is -0.241. The summed E-state index contributed by atoms with van der Waals surface area (Å²) in [7, 11) is 1.71. The topological polar surface area (TPSA) is 68.0 Å². The van der Waals surface area contributed by atoms with Gasteiger partial charge in [0.15, 0.2) is 0 Å². The molecular formula is C7H11N3OS. The third kappa shape index (κ3) is 2.28. The summed E-state index contributed by atoms with van der Waals surface area (Å²) >= 11 is 1.51. The quantitative estimate of drug-likeness (QED) is 0.680. The number of nitrogens with one attached hydrogen (secondary N) is 1. The molecule has 1 aromatic rings. The van der Waals surface area contributed by atoms with E-state index in [0.717, 1.165) is 5.69 Å². The largest absolute Gasteiger partial charge is 0.368 e. The molecule has 0 fully saturated rings. The molecule has 1 atom stereocenters.